The van der Waals surface area contributed by atoms with Crippen LogP contribution in [0.1, 0.15) is 58.3 Å². The standard InChI is InChI=1S/C14H25N3/c1-7-14(5,6)9-15-13-16-11(4)8-12(17-13)10(2)3/h8,10H,7,9H2,1-6H3,(H,15,16,17). The zero-order chi connectivity index (χ0) is 13.1. The molecular formula is C14H25N3. The van der Waals surface area contributed by atoms with Crippen molar-refractivity contribution in [3.05, 3.63) is 17.5 Å². The van der Waals surface area contributed by atoms with E-state index in [0.29, 0.717) is 5.92 Å². The summed E-state index contributed by atoms with van der Waals surface area (Å²) >= 11 is 0. The first-order chi connectivity index (χ1) is 7.84. The first-order valence-corrected chi connectivity index (χ1v) is 6.43. The van der Waals surface area contributed by atoms with E-state index in [1.165, 1.54) is 0 Å². The van der Waals surface area contributed by atoms with Gasteiger partial charge >= 0.3 is 0 Å². The average molecular weight is 235 g/mol. The summed E-state index contributed by atoms with van der Waals surface area (Å²) in [6.07, 6.45) is 1.14. The van der Waals surface area contributed by atoms with Crippen molar-refractivity contribution in [3.8, 4) is 0 Å². The minimum atomic E-state index is 0.283. The molecule has 1 aromatic heterocycles. The minimum absolute atomic E-state index is 0.283. The maximum atomic E-state index is 4.55. The van der Waals surface area contributed by atoms with Crippen molar-refractivity contribution in [1.29, 1.82) is 0 Å². The number of nitrogens with one attached hydrogen (secondary N) is 1. The molecule has 1 heterocycles. The zero-order valence-electron chi connectivity index (χ0n) is 12.0. The van der Waals surface area contributed by atoms with E-state index in [1.807, 2.05) is 6.92 Å². The molecule has 0 aromatic carbocycles. The Morgan fingerprint density at radius 2 is 1.94 bits per heavy atom. The van der Waals surface area contributed by atoms with Crippen molar-refractivity contribution in [2.24, 2.45) is 5.41 Å². The van der Waals surface area contributed by atoms with Gasteiger partial charge in [0, 0.05) is 17.9 Å². The molecule has 1 rings (SSSR count). The molecule has 17 heavy (non-hydrogen) atoms. The van der Waals surface area contributed by atoms with Crippen molar-refractivity contribution in [2.75, 3.05) is 11.9 Å². The van der Waals surface area contributed by atoms with E-state index in [2.05, 4.69) is 56.0 Å². The molecule has 0 spiro atoms. The molecule has 0 fully saturated rings. The second-order valence-corrected chi connectivity index (χ2v) is 5.78. The summed E-state index contributed by atoms with van der Waals surface area (Å²) in [4.78, 5) is 8.98. The van der Waals surface area contributed by atoms with Crippen molar-refractivity contribution in [3.63, 3.8) is 0 Å². The third-order valence-corrected chi connectivity index (χ3v) is 3.15. The minimum Gasteiger partial charge on any atom is -0.354 e. The summed E-state index contributed by atoms with van der Waals surface area (Å²) in [6, 6.07) is 2.06. The van der Waals surface area contributed by atoms with Crippen LogP contribution in [0.2, 0.25) is 0 Å². The van der Waals surface area contributed by atoms with Crippen molar-refractivity contribution < 1.29 is 0 Å². The highest BCUT2D eigenvalue weighted by Gasteiger charge is 2.15. The van der Waals surface area contributed by atoms with Crippen LogP contribution in [-0.4, -0.2) is 16.5 Å². The molecule has 0 unspecified atom stereocenters. The Morgan fingerprint density at radius 1 is 1.29 bits per heavy atom. The molecule has 0 bridgehead atoms. The fourth-order valence-electron chi connectivity index (χ4n) is 1.41. The van der Waals surface area contributed by atoms with Gasteiger partial charge in [-0.05, 0) is 30.7 Å². The Morgan fingerprint density at radius 3 is 2.47 bits per heavy atom. The molecule has 0 saturated heterocycles. The third kappa shape index (κ3) is 4.33. The summed E-state index contributed by atoms with van der Waals surface area (Å²) < 4.78 is 0. The van der Waals surface area contributed by atoms with Crippen LogP contribution in [0, 0.1) is 12.3 Å². The van der Waals surface area contributed by atoms with Crippen molar-refractivity contribution >= 4 is 5.95 Å². The number of nitrogens with zero attached hydrogens (tertiary/aromatic N) is 2. The summed E-state index contributed by atoms with van der Waals surface area (Å²) in [7, 11) is 0. The lowest BCUT2D eigenvalue weighted by molar-refractivity contribution is 0.376. The lowest BCUT2D eigenvalue weighted by atomic mass is 9.90. The monoisotopic (exact) mass is 235 g/mol. The van der Waals surface area contributed by atoms with E-state index in [0.717, 1.165) is 30.3 Å². The van der Waals surface area contributed by atoms with Gasteiger partial charge in [0.25, 0.3) is 0 Å². The second kappa shape index (κ2) is 5.48. The van der Waals surface area contributed by atoms with Crippen LogP contribution in [0.15, 0.2) is 6.07 Å². The zero-order valence-corrected chi connectivity index (χ0v) is 12.0. The summed E-state index contributed by atoms with van der Waals surface area (Å²) in [5, 5.41) is 3.35. The Balaban J connectivity index is 2.78. The van der Waals surface area contributed by atoms with Crippen molar-refractivity contribution in [1.82, 2.24) is 9.97 Å². The van der Waals surface area contributed by atoms with E-state index >= 15 is 0 Å². The highest BCUT2D eigenvalue weighted by atomic mass is 15.1. The largest absolute Gasteiger partial charge is 0.354 e. The van der Waals surface area contributed by atoms with E-state index < -0.39 is 0 Å². The molecule has 3 heteroatoms. The van der Waals surface area contributed by atoms with Crippen LogP contribution in [0.25, 0.3) is 0 Å². The fraction of sp³-hybridized carbons (Fsp3) is 0.714. The topological polar surface area (TPSA) is 37.8 Å². The lowest BCUT2D eigenvalue weighted by Gasteiger charge is -2.23. The molecule has 0 saturated carbocycles. The van der Waals surface area contributed by atoms with E-state index in [9.17, 15) is 0 Å². The normalized spacial score (nSPS) is 11.9. The third-order valence-electron chi connectivity index (χ3n) is 3.15. The summed E-state index contributed by atoms with van der Waals surface area (Å²) in [6.45, 7) is 13.9. The number of aromatic nitrogens is 2. The lowest BCUT2D eigenvalue weighted by Crippen LogP contribution is -2.23. The maximum absolute atomic E-state index is 4.55. The molecular weight excluding hydrogens is 210 g/mol. The van der Waals surface area contributed by atoms with Gasteiger partial charge in [-0.2, -0.15) is 0 Å². The van der Waals surface area contributed by atoms with Gasteiger partial charge in [0.05, 0.1) is 0 Å². The number of aryl methyl sites for hydroxylation is 1. The van der Waals surface area contributed by atoms with Crippen LogP contribution in [0.5, 0.6) is 0 Å². The SMILES string of the molecule is CCC(C)(C)CNc1nc(C)cc(C(C)C)n1. The van der Waals surface area contributed by atoms with Gasteiger partial charge in [-0.1, -0.05) is 34.6 Å². The molecule has 0 aliphatic rings. The molecule has 3 nitrogen and oxygen atoms in total. The molecule has 1 N–H and O–H groups in total. The Hall–Kier alpha value is -1.12. The predicted octanol–water partition coefficient (Wildman–Crippen LogP) is 3.76. The fourth-order valence-corrected chi connectivity index (χ4v) is 1.41. The second-order valence-electron chi connectivity index (χ2n) is 5.78. The van der Waals surface area contributed by atoms with Crippen LogP contribution in [0.3, 0.4) is 0 Å². The molecule has 1 aromatic rings. The average Bonchev–Trinajstić information content (AvgIpc) is 2.26. The van der Waals surface area contributed by atoms with Crippen LogP contribution in [-0.2, 0) is 0 Å². The number of rotatable bonds is 5. The van der Waals surface area contributed by atoms with Gasteiger partial charge in [0.1, 0.15) is 0 Å². The van der Waals surface area contributed by atoms with E-state index in [-0.39, 0.29) is 5.41 Å². The number of anilines is 1. The Labute approximate surface area is 105 Å². The number of hydrogen-bond acceptors (Lipinski definition) is 3. The van der Waals surface area contributed by atoms with E-state index in [4.69, 9.17) is 0 Å². The first kappa shape index (κ1) is 13.9. The quantitative estimate of drug-likeness (QED) is 0.844. The van der Waals surface area contributed by atoms with Gasteiger partial charge in [0.2, 0.25) is 5.95 Å². The van der Waals surface area contributed by atoms with Gasteiger partial charge < -0.3 is 5.32 Å². The van der Waals surface area contributed by atoms with Crippen LogP contribution in [0.4, 0.5) is 5.95 Å². The summed E-state index contributed by atoms with van der Waals surface area (Å²) in [5.74, 6) is 1.20. The van der Waals surface area contributed by atoms with Crippen LogP contribution >= 0.6 is 0 Å². The van der Waals surface area contributed by atoms with E-state index in [1.54, 1.807) is 0 Å². The first-order valence-electron chi connectivity index (χ1n) is 6.43. The maximum Gasteiger partial charge on any atom is 0.223 e. The molecule has 0 aliphatic carbocycles. The Kier molecular flexibility index (Phi) is 4.49. The van der Waals surface area contributed by atoms with Gasteiger partial charge in [-0.25, -0.2) is 9.97 Å². The smallest absolute Gasteiger partial charge is 0.223 e. The number of hydrogen-bond donors (Lipinski definition) is 1. The van der Waals surface area contributed by atoms with Crippen molar-refractivity contribution in [2.45, 2.75) is 53.9 Å². The van der Waals surface area contributed by atoms with Crippen LogP contribution < -0.4 is 5.32 Å². The molecule has 0 radical (unpaired) electrons. The molecule has 0 aliphatic heterocycles. The Bertz CT molecular complexity index is 370. The molecule has 0 amide bonds. The summed E-state index contributed by atoms with van der Waals surface area (Å²) in [5.41, 5.74) is 2.42. The van der Waals surface area contributed by atoms with Gasteiger partial charge in [-0.3, -0.25) is 0 Å². The predicted molar refractivity (Wildman–Crippen MR) is 73.4 cm³/mol. The molecule has 0 atom stereocenters. The van der Waals surface area contributed by atoms with Gasteiger partial charge in [-0.15, -0.1) is 0 Å². The highest BCUT2D eigenvalue weighted by molar-refractivity contribution is 5.29. The van der Waals surface area contributed by atoms with Gasteiger partial charge in [0.15, 0.2) is 0 Å². The molecule has 96 valence electrons. The highest BCUT2D eigenvalue weighted by Crippen LogP contribution is 2.20.